The first-order valence-electron chi connectivity index (χ1n) is 3.90. The summed E-state index contributed by atoms with van der Waals surface area (Å²) in [6, 6.07) is 0.551. The van der Waals surface area contributed by atoms with E-state index >= 15 is 0 Å². The molecule has 0 fully saturated rings. The summed E-state index contributed by atoms with van der Waals surface area (Å²) in [5.74, 6) is 0. The number of nitrogens with one attached hydrogen (secondary N) is 1. The Kier molecular flexibility index (Phi) is 3.11. The maximum Gasteiger partial charge on any atom is 0.127 e. The highest BCUT2D eigenvalue weighted by Gasteiger charge is 1.95. The van der Waals surface area contributed by atoms with Gasteiger partial charge in [-0.15, -0.1) is 0 Å². The van der Waals surface area contributed by atoms with E-state index in [1.807, 2.05) is 0 Å². The molecule has 0 atom stereocenters. The van der Waals surface area contributed by atoms with Crippen LogP contribution in [0.5, 0.6) is 0 Å². The lowest BCUT2D eigenvalue weighted by molar-refractivity contribution is 0.418. The second kappa shape index (κ2) is 4.13. The molecule has 0 radical (unpaired) electrons. The van der Waals surface area contributed by atoms with Gasteiger partial charge in [-0.3, -0.25) is 0 Å². The lowest BCUT2D eigenvalue weighted by Crippen LogP contribution is -2.24. The van der Waals surface area contributed by atoms with Gasteiger partial charge in [-0.2, -0.15) is 0 Å². The Hall–Kier alpha value is -0.830. The average molecular weight is 154 g/mol. The summed E-state index contributed by atoms with van der Waals surface area (Å²) in [7, 11) is 0. The molecule has 1 heterocycles. The molecule has 11 heavy (non-hydrogen) atoms. The minimum atomic E-state index is 0.551. The van der Waals surface area contributed by atoms with Crippen molar-refractivity contribution in [2.24, 2.45) is 0 Å². The zero-order valence-corrected chi connectivity index (χ0v) is 7.00. The van der Waals surface area contributed by atoms with Crippen molar-refractivity contribution in [1.82, 2.24) is 10.5 Å². The highest BCUT2D eigenvalue weighted by Crippen LogP contribution is 1.96. The fraction of sp³-hybridized carbons (Fsp3) is 0.625. The third-order valence-electron chi connectivity index (χ3n) is 1.45. The van der Waals surface area contributed by atoms with Crippen LogP contribution in [0.15, 0.2) is 17.0 Å². The third-order valence-corrected chi connectivity index (χ3v) is 1.45. The van der Waals surface area contributed by atoms with Gasteiger partial charge in [0.05, 0.1) is 6.20 Å². The van der Waals surface area contributed by atoms with Crippen molar-refractivity contribution in [2.45, 2.75) is 26.3 Å². The molecule has 1 aromatic rings. The molecule has 0 saturated carbocycles. The lowest BCUT2D eigenvalue weighted by atomic mass is 10.2. The predicted octanol–water partition coefficient (Wildman–Crippen LogP) is 1.22. The molecule has 0 saturated heterocycles. The fourth-order valence-electron chi connectivity index (χ4n) is 0.855. The first-order valence-corrected chi connectivity index (χ1v) is 3.90. The number of hydrogen-bond donors (Lipinski definition) is 1. The van der Waals surface area contributed by atoms with Gasteiger partial charge in [-0.1, -0.05) is 19.0 Å². The van der Waals surface area contributed by atoms with Crippen LogP contribution >= 0.6 is 0 Å². The summed E-state index contributed by atoms with van der Waals surface area (Å²) < 4.78 is 4.69. The molecule has 0 spiro atoms. The molecule has 1 N–H and O–H groups in total. The maximum absolute atomic E-state index is 4.69. The summed E-state index contributed by atoms with van der Waals surface area (Å²) >= 11 is 0. The molecule has 0 bridgehead atoms. The zero-order valence-electron chi connectivity index (χ0n) is 7.00. The second-order valence-electron chi connectivity index (χ2n) is 2.89. The smallest absolute Gasteiger partial charge is 0.127 e. The van der Waals surface area contributed by atoms with Gasteiger partial charge < -0.3 is 9.84 Å². The van der Waals surface area contributed by atoms with Crippen molar-refractivity contribution in [1.29, 1.82) is 0 Å². The van der Waals surface area contributed by atoms with Crippen LogP contribution in [-0.2, 0) is 6.42 Å². The van der Waals surface area contributed by atoms with Gasteiger partial charge in [0.25, 0.3) is 0 Å². The van der Waals surface area contributed by atoms with Crippen LogP contribution in [0.4, 0.5) is 0 Å². The molecule has 0 aliphatic rings. The highest BCUT2D eigenvalue weighted by molar-refractivity contribution is 5.00. The van der Waals surface area contributed by atoms with Crippen molar-refractivity contribution in [3.05, 3.63) is 18.0 Å². The van der Waals surface area contributed by atoms with Crippen molar-refractivity contribution < 1.29 is 4.52 Å². The van der Waals surface area contributed by atoms with E-state index in [2.05, 4.69) is 24.3 Å². The maximum atomic E-state index is 4.69. The molecule has 0 aromatic carbocycles. The van der Waals surface area contributed by atoms with Crippen LogP contribution < -0.4 is 5.32 Å². The SMILES string of the molecule is CC(C)NCCc1cnoc1. The van der Waals surface area contributed by atoms with Crippen molar-refractivity contribution in [3.63, 3.8) is 0 Å². The van der Waals surface area contributed by atoms with E-state index < -0.39 is 0 Å². The van der Waals surface area contributed by atoms with Crippen LogP contribution in [0, 0.1) is 0 Å². The van der Waals surface area contributed by atoms with Gasteiger partial charge in [0.15, 0.2) is 0 Å². The van der Waals surface area contributed by atoms with Gasteiger partial charge in [-0.25, -0.2) is 0 Å². The van der Waals surface area contributed by atoms with Gasteiger partial charge in [-0.05, 0) is 13.0 Å². The summed E-state index contributed by atoms with van der Waals surface area (Å²) in [5, 5.41) is 6.93. The van der Waals surface area contributed by atoms with Crippen LogP contribution in [0.1, 0.15) is 19.4 Å². The van der Waals surface area contributed by atoms with Gasteiger partial charge >= 0.3 is 0 Å². The van der Waals surface area contributed by atoms with Crippen molar-refractivity contribution >= 4 is 0 Å². The molecule has 62 valence electrons. The van der Waals surface area contributed by atoms with E-state index in [4.69, 9.17) is 4.52 Å². The van der Waals surface area contributed by atoms with E-state index in [1.165, 1.54) is 0 Å². The summed E-state index contributed by atoms with van der Waals surface area (Å²) in [5.41, 5.74) is 1.15. The van der Waals surface area contributed by atoms with E-state index in [-0.39, 0.29) is 0 Å². The molecular weight excluding hydrogens is 140 g/mol. The minimum Gasteiger partial charge on any atom is -0.364 e. The van der Waals surface area contributed by atoms with Gasteiger partial charge in [0.1, 0.15) is 6.26 Å². The molecule has 0 amide bonds. The van der Waals surface area contributed by atoms with Crippen LogP contribution in [0.25, 0.3) is 0 Å². The Morgan fingerprint density at radius 2 is 2.45 bits per heavy atom. The Balaban J connectivity index is 2.14. The molecule has 3 nitrogen and oxygen atoms in total. The largest absolute Gasteiger partial charge is 0.364 e. The third kappa shape index (κ3) is 3.18. The number of nitrogens with zero attached hydrogens (tertiary/aromatic N) is 1. The van der Waals surface area contributed by atoms with E-state index in [9.17, 15) is 0 Å². The average Bonchev–Trinajstić information content (AvgIpc) is 2.39. The monoisotopic (exact) mass is 154 g/mol. The van der Waals surface area contributed by atoms with E-state index in [0.29, 0.717) is 6.04 Å². The number of rotatable bonds is 4. The summed E-state index contributed by atoms with van der Waals surface area (Å²) in [6.07, 6.45) is 4.42. The van der Waals surface area contributed by atoms with Crippen LogP contribution in [-0.4, -0.2) is 17.7 Å². The standard InChI is InChI=1S/C8H14N2O/c1-7(2)9-4-3-8-5-10-11-6-8/h5-7,9H,3-4H2,1-2H3. The Bertz CT molecular complexity index is 182. The number of hydrogen-bond acceptors (Lipinski definition) is 3. The van der Waals surface area contributed by atoms with Crippen molar-refractivity contribution in [2.75, 3.05) is 6.54 Å². The van der Waals surface area contributed by atoms with Gasteiger partial charge in [0, 0.05) is 11.6 Å². The fourth-order valence-corrected chi connectivity index (χ4v) is 0.855. The molecule has 3 heteroatoms. The minimum absolute atomic E-state index is 0.551. The normalized spacial score (nSPS) is 10.8. The Labute approximate surface area is 66.8 Å². The van der Waals surface area contributed by atoms with Crippen molar-refractivity contribution in [3.8, 4) is 0 Å². The lowest BCUT2D eigenvalue weighted by Gasteiger charge is -2.05. The van der Waals surface area contributed by atoms with E-state index in [0.717, 1.165) is 18.5 Å². The number of aromatic nitrogens is 1. The molecule has 1 rings (SSSR count). The first-order chi connectivity index (χ1) is 5.29. The molecule has 0 aliphatic carbocycles. The Morgan fingerprint density at radius 1 is 1.64 bits per heavy atom. The predicted molar refractivity (Wildman–Crippen MR) is 43.3 cm³/mol. The topological polar surface area (TPSA) is 38.1 Å². The summed E-state index contributed by atoms with van der Waals surface area (Å²) in [4.78, 5) is 0. The van der Waals surface area contributed by atoms with Crippen LogP contribution in [0.2, 0.25) is 0 Å². The second-order valence-corrected chi connectivity index (χ2v) is 2.89. The molecule has 0 unspecified atom stereocenters. The molecule has 1 aromatic heterocycles. The summed E-state index contributed by atoms with van der Waals surface area (Å²) in [6.45, 7) is 5.25. The first kappa shape index (κ1) is 8.27. The highest BCUT2D eigenvalue weighted by atomic mass is 16.5. The molecular formula is C8H14N2O. The van der Waals surface area contributed by atoms with Gasteiger partial charge in [0.2, 0.25) is 0 Å². The zero-order chi connectivity index (χ0) is 8.10. The van der Waals surface area contributed by atoms with E-state index in [1.54, 1.807) is 12.5 Å². The van der Waals surface area contributed by atoms with Crippen LogP contribution in [0.3, 0.4) is 0 Å². The quantitative estimate of drug-likeness (QED) is 0.708. The Morgan fingerprint density at radius 3 is 3.00 bits per heavy atom. The molecule has 0 aliphatic heterocycles.